The smallest absolute Gasteiger partial charge is 0.0695 e. The molecule has 4 nitrogen and oxygen atoms in total. The molecule has 1 heterocycles. The molecule has 20 heavy (non-hydrogen) atoms. The summed E-state index contributed by atoms with van der Waals surface area (Å²) in [4.78, 5) is 0. The van der Waals surface area contributed by atoms with Crippen molar-refractivity contribution in [3.8, 4) is 11.3 Å². The number of aromatic amines is 1. The summed E-state index contributed by atoms with van der Waals surface area (Å²) in [5.41, 5.74) is 4.60. The minimum Gasteiger partial charge on any atom is -0.396 e. The Kier molecular flexibility index (Phi) is 4.93. The second-order valence-corrected chi connectivity index (χ2v) is 5.47. The van der Waals surface area contributed by atoms with E-state index in [4.69, 9.17) is 5.11 Å². The van der Waals surface area contributed by atoms with E-state index in [2.05, 4.69) is 53.6 Å². The zero-order chi connectivity index (χ0) is 14.5. The van der Waals surface area contributed by atoms with Gasteiger partial charge in [0.1, 0.15) is 0 Å². The molecule has 1 aromatic carbocycles. The topological polar surface area (TPSA) is 60.9 Å². The van der Waals surface area contributed by atoms with Crippen molar-refractivity contribution in [1.29, 1.82) is 0 Å². The van der Waals surface area contributed by atoms with E-state index in [1.165, 1.54) is 5.56 Å². The van der Waals surface area contributed by atoms with Crippen LogP contribution in [0.3, 0.4) is 0 Å². The Bertz CT molecular complexity index is 533. The van der Waals surface area contributed by atoms with Crippen LogP contribution in [0.25, 0.3) is 11.3 Å². The summed E-state index contributed by atoms with van der Waals surface area (Å²) in [6.07, 6.45) is 1.86. The Morgan fingerprint density at radius 3 is 2.60 bits per heavy atom. The minimum absolute atomic E-state index is 0.199. The summed E-state index contributed by atoms with van der Waals surface area (Å²) in [5.74, 6) is 0.240. The Balaban J connectivity index is 2.07. The molecule has 2 rings (SSSR count). The maximum absolute atomic E-state index is 9.16. The highest BCUT2D eigenvalue weighted by atomic mass is 16.3. The zero-order valence-electron chi connectivity index (χ0n) is 12.4. The van der Waals surface area contributed by atoms with E-state index >= 15 is 0 Å². The van der Waals surface area contributed by atoms with Gasteiger partial charge in [0.05, 0.1) is 11.9 Å². The van der Waals surface area contributed by atoms with Gasteiger partial charge in [0, 0.05) is 24.8 Å². The van der Waals surface area contributed by atoms with E-state index in [1.54, 1.807) is 0 Å². The summed E-state index contributed by atoms with van der Waals surface area (Å²) in [5, 5.41) is 19.8. The summed E-state index contributed by atoms with van der Waals surface area (Å²) >= 11 is 0. The molecule has 108 valence electrons. The maximum Gasteiger partial charge on any atom is 0.0695 e. The third-order valence-corrected chi connectivity index (χ3v) is 3.81. The molecule has 0 amide bonds. The number of aromatic nitrogens is 2. The normalized spacial score (nSPS) is 14.2. The molecule has 0 spiro atoms. The molecule has 3 N–H and O–H groups in total. The van der Waals surface area contributed by atoms with Crippen LogP contribution in [0.15, 0.2) is 30.5 Å². The molecule has 2 atom stereocenters. The number of nitrogens with one attached hydrogen (secondary N) is 2. The Labute approximate surface area is 120 Å². The van der Waals surface area contributed by atoms with Crippen molar-refractivity contribution in [1.82, 2.24) is 15.5 Å². The van der Waals surface area contributed by atoms with E-state index in [9.17, 15) is 0 Å². The number of aliphatic hydroxyl groups is 1. The molecule has 0 fully saturated rings. The van der Waals surface area contributed by atoms with Crippen molar-refractivity contribution in [2.75, 3.05) is 6.61 Å². The average molecular weight is 273 g/mol. The van der Waals surface area contributed by atoms with Crippen LogP contribution in [0.1, 0.15) is 25.0 Å². The third kappa shape index (κ3) is 3.46. The summed E-state index contributed by atoms with van der Waals surface area (Å²) in [7, 11) is 0. The molecule has 0 aliphatic heterocycles. The SMILES string of the molecule is Cc1ccc(-c2[nH]ncc2CNC(C)C(C)CO)cc1. The molecule has 2 aromatic rings. The highest BCUT2D eigenvalue weighted by Crippen LogP contribution is 2.21. The highest BCUT2D eigenvalue weighted by molar-refractivity contribution is 5.62. The van der Waals surface area contributed by atoms with Gasteiger partial charge in [0.25, 0.3) is 0 Å². The van der Waals surface area contributed by atoms with Crippen molar-refractivity contribution in [3.05, 3.63) is 41.6 Å². The molecular formula is C16H23N3O. The predicted octanol–water partition coefficient (Wildman–Crippen LogP) is 2.49. The fourth-order valence-corrected chi connectivity index (χ4v) is 2.05. The van der Waals surface area contributed by atoms with Crippen LogP contribution in [0, 0.1) is 12.8 Å². The molecule has 0 radical (unpaired) electrons. The van der Waals surface area contributed by atoms with Gasteiger partial charge in [0.2, 0.25) is 0 Å². The van der Waals surface area contributed by atoms with Gasteiger partial charge in [-0.1, -0.05) is 36.8 Å². The van der Waals surface area contributed by atoms with Crippen LogP contribution in [0.2, 0.25) is 0 Å². The van der Waals surface area contributed by atoms with Gasteiger partial charge in [-0.05, 0) is 25.3 Å². The number of nitrogens with zero attached hydrogens (tertiary/aromatic N) is 1. The van der Waals surface area contributed by atoms with Crippen molar-refractivity contribution in [2.45, 2.75) is 33.4 Å². The van der Waals surface area contributed by atoms with Crippen molar-refractivity contribution in [2.24, 2.45) is 5.92 Å². The number of rotatable bonds is 6. The van der Waals surface area contributed by atoms with Gasteiger partial charge in [-0.15, -0.1) is 0 Å². The number of hydrogen-bond donors (Lipinski definition) is 3. The van der Waals surface area contributed by atoms with Crippen LogP contribution in [-0.2, 0) is 6.54 Å². The van der Waals surface area contributed by atoms with E-state index < -0.39 is 0 Å². The molecule has 1 aromatic heterocycles. The molecule has 0 saturated heterocycles. The summed E-state index contributed by atoms with van der Waals surface area (Å²) in [6.45, 7) is 7.15. The lowest BCUT2D eigenvalue weighted by Gasteiger charge is -2.19. The van der Waals surface area contributed by atoms with Gasteiger partial charge in [-0.25, -0.2) is 0 Å². The van der Waals surface area contributed by atoms with Crippen LogP contribution in [0.4, 0.5) is 0 Å². The van der Waals surface area contributed by atoms with Gasteiger partial charge in [0.15, 0.2) is 0 Å². The number of H-pyrrole nitrogens is 1. The Morgan fingerprint density at radius 2 is 1.95 bits per heavy atom. The van der Waals surface area contributed by atoms with Crippen molar-refractivity contribution >= 4 is 0 Å². The van der Waals surface area contributed by atoms with E-state index in [0.29, 0.717) is 0 Å². The van der Waals surface area contributed by atoms with Gasteiger partial charge in [-0.3, -0.25) is 5.10 Å². The molecule has 0 aliphatic carbocycles. The van der Waals surface area contributed by atoms with Crippen LogP contribution in [0.5, 0.6) is 0 Å². The first-order valence-corrected chi connectivity index (χ1v) is 7.05. The minimum atomic E-state index is 0.199. The first-order chi connectivity index (χ1) is 9.61. The molecule has 0 bridgehead atoms. The molecule has 4 heteroatoms. The van der Waals surface area contributed by atoms with E-state index in [0.717, 1.165) is 23.4 Å². The van der Waals surface area contributed by atoms with Crippen LogP contribution >= 0.6 is 0 Å². The molecular weight excluding hydrogens is 250 g/mol. The van der Waals surface area contributed by atoms with Gasteiger partial charge >= 0.3 is 0 Å². The zero-order valence-corrected chi connectivity index (χ0v) is 12.4. The van der Waals surface area contributed by atoms with Crippen LogP contribution < -0.4 is 5.32 Å². The number of aryl methyl sites for hydroxylation is 1. The van der Waals surface area contributed by atoms with E-state index in [1.807, 2.05) is 13.1 Å². The molecule has 2 unspecified atom stereocenters. The lowest BCUT2D eigenvalue weighted by molar-refractivity contribution is 0.207. The van der Waals surface area contributed by atoms with Gasteiger partial charge in [-0.2, -0.15) is 5.10 Å². The highest BCUT2D eigenvalue weighted by Gasteiger charge is 2.12. The largest absolute Gasteiger partial charge is 0.396 e. The second kappa shape index (κ2) is 6.68. The molecule has 0 saturated carbocycles. The maximum atomic E-state index is 9.16. The van der Waals surface area contributed by atoms with Crippen molar-refractivity contribution in [3.63, 3.8) is 0 Å². The Hall–Kier alpha value is -1.65. The quantitative estimate of drug-likeness (QED) is 0.758. The molecule has 0 aliphatic rings. The van der Waals surface area contributed by atoms with Gasteiger partial charge < -0.3 is 10.4 Å². The fourth-order valence-electron chi connectivity index (χ4n) is 2.05. The van der Waals surface area contributed by atoms with Crippen molar-refractivity contribution < 1.29 is 5.11 Å². The summed E-state index contributed by atoms with van der Waals surface area (Å²) in [6, 6.07) is 8.67. The Morgan fingerprint density at radius 1 is 1.25 bits per heavy atom. The number of aliphatic hydroxyl groups excluding tert-OH is 1. The number of benzene rings is 1. The third-order valence-electron chi connectivity index (χ3n) is 3.81. The standard InChI is InChI=1S/C16H23N3O/c1-11-4-6-14(7-5-11)16-15(9-18-19-16)8-17-13(3)12(2)10-20/h4-7,9,12-13,17,20H,8,10H2,1-3H3,(H,18,19). The first kappa shape index (κ1) is 14.8. The lowest BCUT2D eigenvalue weighted by Crippen LogP contribution is -2.33. The van der Waals surface area contributed by atoms with E-state index in [-0.39, 0.29) is 18.6 Å². The fraction of sp³-hybridized carbons (Fsp3) is 0.438. The monoisotopic (exact) mass is 273 g/mol. The predicted molar refractivity (Wildman–Crippen MR) is 81.3 cm³/mol. The second-order valence-electron chi connectivity index (χ2n) is 5.47. The average Bonchev–Trinajstić information content (AvgIpc) is 2.93. The lowest BCUT2D eigenvalue weighted by atomic mass is 10.0. The summed E-state index contributed by atoms with van der Waals surface area (Å²) < 4.78 is 0. The first-order valence-electron chi connectivity index (χ1n) is 7.05. The number of hydrogen-bond acceptors (Lipinski definition) is 3. The van der Waals surface area contributed by atoms with Crippen LogP contribution in [-0.4, -0.2) is 28.0 Å².